The topological polar surface area (TPSA) is 15.3 Å². The minimum Gasteiger partial charge on any atom is -0.317 e. The fourth-order valence-electron chi connectivity index (χ4n) is 2.42. The van der Waals surface area contributed by atoms with E-state index in [0.717, 1.165) is 30.6 Å². The predicted molar refractivity (Wildman–Crippen MR) is 73.4 cm³/mol. The zero-order chi connectivity index (χ0) is 12.1. The third kappa shape index (κ3) is 3.98. The normalized spacial score (nSPS) is 20.9. The maximum Gasteiger partial charge on any atom is 0.0406 e. The van der Waals surface area contributed by atoms with E-state index >= 15 is 0 Å². The molecular formula is C14H21ClN2. The molecule has 1 N–H and O–H groups in total. The Balaban J connectivity index is 1.79. The minimum absolute atomic E-state index is 0.820. The van der Waals surface area contributed by atoms with Crippen molar-refractivity contribution in [3.63, 3.8) is 0 Å². The summed E-state index contributed by atoms with van der Waals surface area (Å²) < 4.78 is 0. The fraction of sp³-hybridized carbons (Fsp3) is 0.571. The third-order valence-electron chi connectivity index (χ3n) is 3.37. The summed E-state index contributed by atoms with van der Waals surface area (Å²) in [6, 6.07) is 8.20. The first-order valence-electron chi connectivity index (χ1n) is 6.45. The van der Waals surface area contributed by atoms with Gasteiger partial charge in [0, 0.05) is 18.1 Å². The molecule has 1 aromatic carbocycles. The Morgan fingerprint density at radius 2 is 2.12 bits per heavy atom. The van der Waals surface area contributed by atoms with Gasteiger partial charge in [-0.1, -0.05) is 30.7 Å². The number of hydrogen-bond acceptors (Lipinski definition) is 2. The molecule has 0 spiro atoms. The van der Waals surface area contributed by atoms with Crippen LogP contribution in [0.25, 0.3) is 0 Å². The standard InChI is InChI=1S/C14H21ClN2/c1-2-16-9-13-7-8-17(11-13)10-12-3-5-14(15)6-4-12/h3-6,13,16H,2,7-11H2,1H3. The average molecular weight is 253 g/mol. The summed E-state index contributed by atoms with van der Waals surface area (Å²) in [5.41, 5.74) is 1.36. The van der Waals surface area contributed by atoms with Crippen LogP contribution >= 0.6 is 11.6 Å². The van der Waals surface area contributed by atoms with Gasteiger partial charge in [0.2, 0.25) is 0 Å². The van der Waals surface area contributed by atoms with Crippen LogP contribution in [0.4, 0.5) is 0 Å². The molecule has 1 aromatic rings. The Bertz CT molecular complexity index is 337. The molecule has 0 aromatic heterocycles. The van der Waals surface area contributed by atoms with Crippen LogP contribution in [0, 0.1) is 5.92 Å². The smallest absolute Gasteiger partial charge is 0.0406 e. The van der Waals surface area contributed by atoms with Gasteiger partial charge in [0.05, 0.1) is 0 Å². The Morgan fingerprint density at radius 1 is 1.35 bits per heavy atom. The third-order valence-corrected chi connectivity index (χ3v) is 3.62. The van der Waals surface area contributed by atoms with Gasteiger partial charge in [-0.05, 0) is 49.7 Å². The molecule has 0 radical (unpaired) electrons. The number of halogens is 1. The summed E-state index contributed by atoms with van der Waals surface area (Å²) in [5, 5.41) is 4.26. The number of hydrogen-bond donors (Lipinski definition) is 1. The van der Waals surface area contributed by atoms with Crippen molar-refractivity contribution in [3.8, 4) is 0 Å². The van der Waals surface area contributed by atoms with Gasteiger partial charge in [0.15, 0.2) is 0 Å². The largest absolute Gasteiger partial charge is 0.317 e. The van der Waals surface area contributed by atoms with Gasteiger partial charge in [0.1, 0.15) is 0 Å². The van der Waals surface area contributed by atoms with Crippen LogP contribution in [0.5, 0.6) is 0 Å². The molecule has 1 heterocycles. The lowest BCUT2D eigenvalue weighted by molar-refractivity contribution is 0.314. The molecule has 0 saturated carbocycles. The van der Waals surface area contributed by atoms with E-state index in [1.54, 1.807) is 0 Å². The molecule has 2 nitrogen and oxygen atoms in total. The van der Waals surface area contributed by atoms with Crippen LogP contribution in [0.15, 0.2) is 24.3 Å². The van der Waals surface area contributed by atoms with Gasteiger partial charge in [-0.25, -0.2) is 0 Å². The molecule has 1 fully saturated rings. The number of likely N-dealkylation sites (tertiary alicyclic amines) is 1. The van der Waals surface area contributed by atoms with Crippen molar-refractivity contribution in [2.45, 2.75) is 19.9 Å². The second kappa shape index (κ2) is 6.39. The lowest BCUT2D eigenvalue weighted by Crippen LogP contribution is -2.26. The van der Waals surface area contributed by atoms with Crippen molar-refractivity contribution in [2.24, 2.45) is 5.92 Å². The molecule has 3 heteroatoms. The van der Waals surface area contributed by atoms with Crippen molar-refractivity contribution in [1.82, 2.24) is 10.2 Å². The summed E-state index contributed by atoms with van der Waals surface area (Å²) in [7, 11) is 0. The summed E-state index contributed by atoms with van der Waals surface area (Å²) in [6.45, 7) is 7.90. The van der Waals surface area contributed by atoms with E-state index in [-0.39, 0.29) is 0 Å². The maximum atomic E-state index is 5.89. The van der Waals surface area contributed by atoms with Crippen molar-refractivity contribution in [3.05, 3.63) is 34.9 Å². The quantitative estimate of drug-likeness (QED) is 0.867. The van der Waals surface area contributed by atoms with Crippen LogP contribution in [-0.2, 0) is 6.54 Å². The van der Waals surface area contributed by atoms with E-state index in [9.17, 15) is 0 Å². The molecule has 1 aliphatic heterocycles. The molecular weight excluding hydrogens is 232 g/mol. The zero-order valence-corrected chi connectivity index (χ0v) is 11.2. The number of nitrogens with one attached hydrogen (secondary N) is 1. The number of benzene rings is 1. The highest BCUT2D eigenvalue weighted by Gasteiger charge is 2.21. The first-order valence-corrected chi connectivity index (χ1v) is 6.83. The van der Waals surface area contributed by atoms with E-state index in [1.807, 2.05) is 12.1 Å². The highest BCUT2D eigenvalue weighted by Crippen LogP contribution is 2.19. The molecule has 1 saturated heterocycles. The Kier molecular flexibility index (Phi) is 4.84. The van der Waals surface area contributed by atoms with Crippen LogP contribution in [0.1, 0.15) is 18.9 Å². The monoisotopic (exact) mass is 252 g/mol. The maximum absolute atomic E-state index is 5.89. The minimum atomic E-state index is 0.820. The van der Waals surface area contributed by atoms with E-state index < -0.39 is 0 Å². The molecule has 0 bridgehead atoms. The summed E-state index contributed by atoms with van der Waals surface area (Å²) in [5.74, 6) is 0.822. The summed E-state index contributed by atoms with van der Waals surface area (Å²) >= 11 is 5.89. The van der Waals surface area contributed by atoms with Crippen molar-refractivity contribution < 1.29 is 0 Å². The Labute approximate surface area is 109 Å². The van der Waals surface area contributed by atoms with Crippen LogP contribution in [0.2, 0.25) is 5.02 Å². The van der Waals surface area contributed by atoms with Gasteiger partial charge in [-0.3, -0.25) is 4.90 Å². The first kappa shape index (κ1) is 12.9. The molecule has 0 amide bonds. The van der Waals surface area contributed by atoms with E-state index in [4.69, 9.17) is 11.6 Å². The molecule has 0 aliphatic carbocycles. The van der Waals surface area contributed by atoms with Crippen LogP contribution in [-0.4, -0.2) is 31.1 Å². The van der Waals surface area contributed by atoms with Gasteiger partial charge in [-0.15, -0.1) is 0 Å². The van der Waals surface area contributed by atoms with E-state index in [0.29, 0.717) is 0 Å². The lowest BCUT2D eigenvalue weighted by atomic mass is 10.1. The highest BCUT2D eigenvalue weighted by atomic mass is 35.5. The first-order chi connectivity index (χ1) is 8.28. The second-order valence-electron chi connectivity index (χ2n) is 4.82. The molecule has 1 unspecified atom stereocenters. The highest BCUT2D eigenvalue weighted by molar-refractivity contribution is 6.30. The average Bonchev–Trinajstić information content (AvgIpc) is 2.77. The van der Waals surface area contributed by atoms with Crippen molar-refractivity contribution >= 4 is 11.6 Å². The summed E-state index contributed by atoms with van der Waals surface area (Å²) in [6.07, 6.45) is 1.32. The number of nitrogens with zero attached hydrogens (tertiary/aromatic N) is 1. The zero-order valence-electron chi connectivity index (χ0n) is 10.5. The number of rotatable bonds is 5. The van der Waals surface area contributed by atoms with Crippen LogP contribution < -0.4 is 5.32 Å². The molecule has 1 atom stereocenters. The Morgan fingerprint density at radius 3 is 2.82 bits per heavy atom. The van der Waals surface area contributed by atoms with Crippen LogP contribution in [0.3, 0.4) is 0 Å². The second-order valence-corrected chi connectivity index (χ2v) is 5.26. The van der Waals surface area contributed by atoms with Crippen molar-refractivity contribution in [2.75, 3.05) is 26.2 Å². The SMILES string of the molecule is CCNCC1CCN(Cc2ccc(Cl)cc2)C1. The van der Waals surface area contributed by atoms with E-state index in [1.165, 1.54) is 25.1 Å². The van der Waals surface area contributed by atoms with Gasteiger partial charge in [0.25, 0.3) is 0 Å². The molecule has 17 heavy (non-hydrogen) atoms. The fourth-order valence-corrected chi connectivity index (χ4v) is 2.55. The Hall–Kier alpha value is -0.570. The predicted octanol–water partition coefficient (Wildman–Crippen LogP) is 2.77. The van der Waals surface area contributed by atoms with Gasteiger partial charge in [-0.2, -0.15) is 0 Å². The molecule has 94 valence electrons. The van der Waals surface area contributed by atoms with E-state index in [2.05, 4.69) is 29.3 Å². The van der Waals surface area contributed by atoms with Crippen molar-refractivity contribution in [1.29, 1.82) is 0 Å². The van der Waals surface area contributed by atoms with Gasteiger partial charge < -0.3 is 5.32 Å². The van der Waals surface area contributed by atoms with Gasteiger partial charge >= 0.3 is 0 Å². The summed E-state index contributed by atoms with van der Waals surface area (Å²) in [4.78, 5) is 2.53. The molecule has 1 aliphatic rings. The lowest BCUT2D eigenvalue weighted by Gasteiger charge is -2.16. The molecule has 2 rings (SSSR count).